The molecule has 0 aliphatic carbocycles. The number of nitrogens with two attached hydrogens (primary N) is 1. The predicted octanol–water partition coefficient (Wildman–Crippen LogP) is 3.74. The highest BCUT2D eigenvalue weighted by Gasteiger charge is 2.07. The summed E-state index contributed by atoms with van der Waals surface area (Å²) in [5, 5.41) is 3.23. The Balaban J connectivity index is 1.70. The Labute approximate surface area is 148 Å². The minimum atomic E-state index is 0.466. The standard InChI is InChI=1S/C20H23N5/c1-15-7-6-10-17(11-15)22-20-23-18(12-19(21)24-20)14-25(2)13-16-8-4-3-5-9-16/h3-12H,13-14H2,1-2H3,(H3,21,22,23,24). The first-order chi connectivity index (χ1) is 12.1. The molecule has 1 aromatic heterocycles. The molecule has 0 aliphatic heterocycles. The molecule has 0 saturated heterocycles. The lowest BCUT2D eigenvalue weighted by atomic mass is 10.2. The first-order valence-corrected chi connectivity index (χ1v) is 8.28. The van der Waals surface area contributed by atoms with Crippen molar-refractivity contribution < 1.29 is 0 Å². The van der Waals surface area contributed by atoms with Gasteiger partial charge in [0.05, 0.1) is 5.69 Å². The quantitative estimate of drug-likeness (QED) is 0.719. The lowest BCUT2D eigenvalue weighted by Gasteiger charge is -2.17. The van der Waals surface area contributed by atoms with E-state index in [0.29, 0.717) is 18.3 Å². The first-order valence-electron chi connectivity index (χ1n) is 8.28. The van der Waals surface area contributed by atoms with Crippen molar-refractivity contribution in [3.8, 4) is 0 Å². The molecule has 3 aromatic rings. The number of hydrogen-bond donors (Lipinski definition) is 2. The molecule has 0 unspecified atom stereocenters. The molecule has 0 amide bonds. The van der Waals surface area contributed by atoms with Crippen molar-refractivity contribution in [2.75, 3.05) is 18.1 Å². The molecular formula is C20H23N5. The van der Waals surface area contributed by atoms with Crippen molar-refractivity contribution in [2.24, 2.45) is 0 Å². The highest BCUT2D eigenvalue weighted by atomic mass is 15.1. The highest BCUT2D eigenvalue weighted by Crippen LogP contribution is 2.17. The summed E-state index contributed by atoms with van der Waals surface area (Å²) in [6.07, 6.45) is 0. The van der Waals surface area contributed by atoms with Crippen LogP contribution in [0.5, 0.6) is 0 Å². The molecule has 3 rings (SSSR count). The Bertz CT molecular complexity index is 832. The lowest BCUT2D eigenvalue weighted by Crippen LogP contribution is -2.18. The number of hydrogen-bond acceptors (Lipinski definition) is 5. The summed E-state index contributed by atoms with van der Waals surface area (Å²) in [4.78, 5) is 11.1. The number of rotatable bonds is 6. The number of nitrogens with zero attached hydrogens (tertiary/aromatic N) is 3. The van der Waals surface area contributed by atoms with Crippen LogP contribution < -0.4 is 11.1 Å². The van der Waals surface area contributed by atoms with Gasteiger partial charge in [-0.3, -0.25) is 4.90 Å². The molecular weight excluding hydrogens is 310 g/mol. The topological polar surface area (TPSA) is 67.1 Å². The van der Waals surface area contributed by atoms with Crippen LogP contribution in [0.3, 0.4) is 0 Å². The molecule has 2 aromatic carbocycles. The van der Waals surface area contributed by atoms with Crippen molar-refractivity contribution in [2.45, 2.75) is 20.0 Å². The van der Waals surface area contributed by atoms with Gasteiger partial charge in [-0.1, -0.05) is 42.5 Å². The monoisotopic (exact) mass is 333 g/mol. The number of anilines is 3. The number of aryl methyl sites for hydroxylation is 1. The van der Waals surface area contributed by atoms with Gasteiger partial charge in [0.1, 0.15) is 5.82 Å². The summed E-state index contributed by atoms with van der Waals surface area (Å²) in [7, 11) is 2.07. The average molecular weight is 333 g/mol. The van der Waals surface area contributed by atoms with E-state index in [2.05, 4.69) is 64.5 Å². The van der Waals surface area contributed by atoms with Gasteiger partial charge in [0.15, 0.2) is 0 Å². The third-order valence-electron chi connectivity index (χ3n) is 3.80. The molecule has 1 heterocycles. The van der Waals surface area contributed by atoms with Gasteiger partial charge < -0.3 is 11.1 Å². The van der Waals surface area contributed by atoms with Crippen LogP contribution in [-0.2, 0) is 13.1 Å². The summed E-state index contributed by atoms with van der Waals surface area (Å²) in [5.41, 5.74) is 10.3. The number of nitrogen functional groups attached to an aromatic ring is 1. The lowest BCUT2D eigenvalue weighted by molar-refractivity contribution is 0.315. The fourth-order valence-corrected chi connectivity index (χ4v) is 2.73. The number of aromatic nitrogens is 2. The average Bonchev–Trinajstić information content (AvgIpc) is 2.55. The van der Waals surface area contributed by atoms with Crippen LogP contribution in [0.15, 0.2) is 60.7 Å². The zero-order valence-electron chi connectivity index (χ0n) is 14.6. The zero-order chi connectivity index (χ0) is 17.6. The third-order valence-corrected chi connectivity index (χ3v) is 3.80. The maximum absolute atomic E-state index is 5.96. The Kier molecular flexibility index (Phi) is 5.26. The van der Waals surface area contributed by atoms with Crippen LogP contribution in [-0.4, -0.2) is 21.9 Å². The van der Waals surface area contributed by atoms with Crippen molar-refractivity contribution in [3.05, 3.63) is 77.5 Å². The van der Waals surface area contributed by atoms with Gasteiger partial charge >= 0.3 is 0 Å². The maximum Gasteiger partial charge on any atom is 0.229 e. The predicted molar refractivity (Wildman–Crippen MR) is 103 cm³/mol. The first kappa shape index (κ1) is 16.9. The third kappa shape index (κ3) is 5.02. The Hall–Kier alpha value is -2.92. The molecule has 0 atom stereocenters. The van der Waals surface area contributed by atoms with Gasteiger partial charge in [0, 0.05) is 24.8 Å². The van der Waals surface area contributed by atoms with E-state index in [1.807, 2.05) is 30.3 Å². The second-order valence-corrected chi connectivity index (χ2v) is 6.26. The van der Waals surface area contributed by atoms with E-state index in [-0.39, 0.29) is 0 Å². The van der Waals surface area contributed by atoms with Crippen LogP contribution in [0, 0.1) is 6.92 Å². The van der Waals surface area contributed by atoms with Crippen LogP contribution in [0.2, 0.25) is 0 Å². The summed E-state index contributed by atoms with van der Waals surface area (Å²) in [6, 6.07) is 20.3. The molecule has 5 nitrogen and oxygen atoms in total. The molecule has 25 heavy (non-hydrogen) atoms. The van der Waals surface area contributed by atoms with E-state index in [0.717, 1.165) is 17.9 Å². The fraction of sp³-hybridized carbons (Fsp3) is 0.200. The summed E-state index contributed by atoms with van der Waals surface area (Å²) in [6.45, 7) is 3.60. The summed E-state index contributed by atoms with van der Waals surface area (Å²) in [5.74, 6) is 0.988. The molecule has 5 heteroatoms. The summed E-state index contributed by atoms with van der Waals surface area (Å²) >= 11 is 0. The molecule has 0 spiro atoms. The van der Waals surface area contributed by atoms with Gasteiger partial charge in [-0.05, 0) is 37.2 Å². The second-order valence-electron chi connectivity index (χ2n) is 6.26. The minimum Gasteiger partial charge on any atom is -0.384 e. The van der Waals surface area contributed by atoms with E-state index >= 15 is 0 Å². The number of nitrogens with one attached hydrogen (secondary N) is 1. The Morgan fingerprint density at radius 3 is 2.52 bits per heavy atom. The van der Waals surface area contributed by atoms with Crippen molar-refractivity contribution in [1.82, 2.24) is 14.9 Å². The Morgan fingerprint density at radius 2 is 1.76 bits per heavy atom. The van der Waals surface area contributed by atoms with Gasteiger partial charge in [0.2, 0.25) is 5.95 Å². The molecule has 0 aliphatic rings. The molecule has 0 fully saturated rings. The second kappa shape index (κ2) is 7.77. The van der Waals surface area contributed by atoms with Crippen LogP contribution in [0.25, 0.3) is 0 Å². The van der Waals surface area contributed by atoms with Gasteiger partial charge in [0.25, 0.3) is 0 Å². The smallest absolute Gasteiger partial charge is 0.229 e. The van der Waals surface area contributed by atoms with Gasteiger partial charge in [-0.25, -0.2) is 4.98 Å². The Morgan fingerprint density at radius 1 is 0.960 bits per heavy atom. The van der Waals surface area contributed by atoms with E-state index < -0.39 is 0 Å². The van der Waals surface area contributed by atoms with Crippen molar-refractivity contribution in [1.29, 1.82) is 0 Å². The van der Waals surface area contributed by atoms with Crippen LogP contribution in [0.4, 0.5) is 17.5 Å². The van der Waals surface area contributed by atoms with Crippen LogP contribution in [0.1, 0.15) is 16.8 Å². The SMILES string of the molecule is Cc1cccc(Nc2nc(N)cc(CN(C)Cc3ccccc3)n2)c1. The molecule has 3 N–H and O–H groups in total. The number of benzene rings is 2. The fourth-order valence-electron chi connectivity index (χ4n) is 2.73. The maximum atomic E-state index is 5.96. The van der Waals surface area contributed by atoms with E-state index in [4.69, 9.17) is 5.73 Å². The molecule has 0 saturated carbocycles. The highest BCUT2D eigenvalue weighted by molar-refractivity contribution is 5.55. The molecule has 0 bridgehead atoms. The van der Waals surface area contributed by atoms with Crippen LogP contribution >= 0.6 is 0 Å². The van der Waals surface area contributed by atoms with Crippen molar-refractivity contribution >= 4 is 17.5 Å². The van der Waals surface area contributed by atoms with Crippen molar-refractivity contribution in [3.63, 3.8) is 0 Å². The molecule has 128 valence electrons. The minimum absolute atomic E-state index is 0.466. The van der Waals surface area contributed by atoms with E-state index in [9.17, 15) is 0 Å². The van der Waals surface area contributed by atoms with E-state index in [1.54, 1.807) is 0 Å². The van der Waals surface area contributed by atoms with E-state index in [1.165, 1.54) is 11.1 Å². The normalized spacial score (nSPS) is 10.8. The molecule has 0 radical (unpaired) electrons. The zero-order valence-corrected chi connectivity index (χ0v) is 14.6. The summed E-state index contributed by atoms with van der Waals surface area (Å²) < 4.78 is 0. The van der Waals surface area contributed by atoms with Gasteiger partial charge in [-0.2, -0.15) is 4.98 Å². The van der Waals surface area contributed by atoms with Gasteiger partial charge in [-0.15, -0.1) is 0 Å². The largest absolute Gasteiger partial charge is 0.384 e.